The van der Waals surface area contributed by atoms with Crippen LogP contribution in [0.1, 0.15) is 33.6 Å². The highest BCUT2D eigenvalue weighted by molar-refractivity contribution is 5.86. The van der Waals surface area contributed by atoms with Crippen LogP contribution in [0.15, 0.2) is 24.8 Å². The zero-order valence-corrected chi connectivity index (χ0v) is 13.3. The fourth-order valence-corrected chi connectivity index (χ4v) is 0.754. The van der Waals surface area contributed by atoms with E-state index in [9.17, 15) is 9.59 Å². The third kappa shape index (κ3) is 12.8. The second-order valence-corrected chi connectivity index (χ2v) is 4.47. The third-order valence-electron chi connectivity index (χ3n) is 2.26. The number of carbonyl (C=O) groups is 2. The van der Waals surface area contributed by atoms with Crippen molar-refractivity contribution in [2.24, 2.45) is 0 Å². The van der Waals surface area contributed by atoms with Crippen molar-refractivity contribution < 1.29 is 19.1 Å². The summed E-state index contributed by atoms with van der Waals surface area (Å²) in [5.74, 6) is -0.672. The molecule has 0 aliphatic heterocycles. The summed E-state index contributed by atoms with van der Waals surface area (Å²) >= 11 is 0. The maximum absolute atomic E-state index is 10.7. The molecule has 5 heteroatoms. The van der Waals surface area contributed by atoms with Crippen molar-refractivity contribution in [1.82, 2.24) is 4.90 Å². The molecule has 1 atom stereocenters. The number of carbonyl (C=O) groups excluding carboxylic acids is 2. The number of unbranched alkanes of at least 4 members (excludes halogenated alkanes) is 1. The van der Waals surface area contributed by atoms with Gasteiger partial charge in [-0.25, -0.2) is 9.59 Å². The molecule has 0 amide bonds. The Morgan fingerprint density at radius 3 is 2.25 bits per heavy atom. The smallest absolute Gasteiger partial charge is 0.333 e. The summed E-state index contributed by atoms with van der Waals surface area (Å²) in [6.07, 6.45) is 2.94. The summed E-state index contributed by atoms with van der Waals surface area (Å²) in [7, 11) is 3.67. The van der Waals surface area contributed by atoms with Crippen molar-refractivity contribution in [2.45, 2.75) is 39.8 Å². The lowest BCUT2D eigenvalue weighted by Crippen LogP contribution is -2.29. The summed E-state index contributed by atoms with van der Waals surface area (Å²) < 4.78 is 9.64. The van der Waals surface area contributed by atoms with Gasteiger partial charge in [0.25, 0.3) is 0 Å². The van der Waals surface area contributed by atoms with E-state index >= 15 is 0 Å². The SMILES string of the molecule is C=C(C)C(=O)OCCCC.C=CC(=O)OC(C)N(C)C. The van der Waals surface area contributed by atoms with E-state index in [0.717, 1.165) is 18.9 Å². The number of ether oxygens (including phenoxy) is 2. The van der Waals surface area contributed by atoms with Gasteiger partial charge in [0.2, 0.25) is 0 Å². The largest absolute Gasteiger partial charge is 0.462 e. The number of nitrogens with zero attached hydrogens (tertiary/aromatic N) is 1. The van der Waals surface area contributed by atoms with Crippen molar-refractivity contribution in [3.05, 3.63) is 24.8 Å². The minimum Gasteiger partial charge on any atom is -0.462 e. The molecule has 0 bridgehead atoms. The lowest BCUT2D eigenvalue weighted by molar-refractivity contribution is -0.149. The zero-order chi connectivity index (χ0) is 16.1. The van der Waals surface area contributed by atoms with Gasteiger partial charge in [0.05, 0.1) is 6.61 Å². The minimum atomic E-state index is -0.388. The molecule has 0 aliphatic rings. The molecule has 116 valence electrons. The normalized spacial score (nSPS) is 10.9. The van der Waals surface area contributed by atoms with Crippen LogP contribution in [0.4, 0.5) is 0 Å². The minimum absolute atomic E-state index is 0.189. The summed E-state index contributed by atoms with van der Waals surface area (Å²) in [5.41, 5.74) is 0.469. The van der Waals surface area contributed by atoms with E-state index in [1.807, 2.05) is 14.1 Å². The molecule has 0 aromatic carbocycles. The molecule has 0 radical (unpaired) electrons. The van der Waals surface area contributed by atoms with Crippen molar-refractivity contribution in [3.8, 4) is 0 Å². The van der Waals surface area contributed by atoms with Gasteiger partial charge in [-0.05, 0) is 34.4 Å². The van der Waals surface area contributed by atoms with Gasteiger partial charge in [-0.2, -0.15) is 0 Å². The number of hydrogen-bond donors (Lipinski definition) is 0. The first-order chi connectivity index (χ1) is 9.26. The second-order valence-electron chi connectivity index (χ2n) is 4.47. The average molecular weight is 285 g/mol. The van der Waals surface area contributed by atoms with Crippen LogP contribution in [-0.2, 0) is 19.1 Å². The van der Waals surface area contributed by atoms with Gasteiger partial charge in [0.1, 0.15) is 0 Å². The number of hydrogen-bond acceptors (Lipinski definition) is 5. The van der Waals surface area contributed by atoms with Gasteiger partial charge >= 0.3 is 11.9 Å². The van der Waals surface area contributed by atoms with Crippen LogP contribution >= 0.6 is 0 Å². The van der Waals surface area contributed by atoms with Crippen molar-refractivity contribution >= 4 is 11.9 Å². The van der Waals surface area contributed by atoms with Gasteiger partial charge in [0.15, 0.2) is 6.23 Å². The van der Waals surface area contributed by atoms with Crippen LogP contribution in [0.3, 0.4) is 0 Å². The Hall–Kier alpha value is -1.62. The molecule has 0 aromatic rings. The van der Waals surface area contributed by atoms with E-state index in [0.29, 0.717) is 12.2 Å². The molecule has 20 heavy (non-hydrogen) atoms. The van der Waals surface area contributed by atoms with Gasteiger partial charge in [-0.1, -0.05) is 26.5 Å². The van der Waals surface area contributed by atoms with Gasteiger partial charge in [0, 0.05) is 11.6 Å². The molecule has 0 saturated carbocycles. The van der Waals surface area contributed by atoms with Crippen molar-refractivity contribution in [1.29, 1.82) is 0 Å². The first-order valence-electron chi connectivity index (χ1n) is 6.58. The van der Waals surface area contributed by atoms with E-state index in [2.05, 4.69) is 20.1 Å². The molecule has 0 aromatic heterocycles. The van der Waals surface area contributed by atoms with Gasteiger partial charge in [-0.15, -0.1) is 0 Å². The Balaban J connectivity index is 0. The number of rotatable bonds is 7. The van der Waals surface area contributed by atoms with Crippen LogP contribution in [0.5, 0.6) is 0 Å². The standard InChI is InChI=1S/C8H14O2.C7H13NO2/c1-4-5-6-10-8(9)7(2)3;1-5-7(9)10-6(2)8(3)4/h2,4-6H2,1,3H3;5-6H,1H2,2-4H3. The molecule has 5 nitrogen and oxygen atoms in total. The molecule has 0 saturated heterocycles. The highest BCUT2D eigenvalue weighted by atomic mass is 16.6. The highest BCUT2D eigenvalue weighted by Gasteiger charge is 2.06. The summed E-state index contributed by atoms with van der Waals surface area (Å²) in [6.45, 7) is 12.7. The first-order valence-corrected chi connectivity index (χ1v) is 6.58. The van der Waals surface area contributed by atoms with Crippen molar-refractivity contribution in [3.63, 3.8) is 0 Å². The van der Waals surface area contributed by atoms with E-state index in [1.165, 1.54) is 0 Å². The topological polar surface area (TPSA) is 55.8 Å². The lowest BCUT2D eigenvalue weighted by atomic mass is 10.3. The molecule has 0 heterocycles. The van der Waals surface area contributed by atoms with Crippen LogP contribution < -0.4 is 0 Å². The Bertz CT molecular complexity index is 324. The second kappa shape index (κ2) is 12.4. The highest BCUT2D eigenvalue weighted by Crippen LogP contribution is 1.95. The maximum atomic E-state index is 10.7. The molecule has 0 spiro atoms. The lowest BCUT2D eigenvalue weighted by Gasteiger charge is -2.18. The Kier molecular flexibility index (Phi) is 12.8. The van der Waals surface area contributed by atoms with Crippen molar-refractivity contribution in [2.75, 3.05) is 20.7 Å². The third-order valence-corrected chi connectivity index (χ3v) is 2.26. The molecule has 0 aliphatic carbocycles. The summed E-state index contributed by atoms with van der Waals surface area (Å²) in [6, 6.07) is 0. The Morgan fingerprint density at radius 1 is 1.35 bits per heavy atom. The van der Waals surface area contributed by atoms with E-state index in [-0.39, 0.29) is 18.2 Å². The monoisotopic (exact) mass is 285 g/mol. The van der Waals surface area contributed by atoms with Crippen LogP contribution in [0, 0.1) is 0 Å². The molecule has 1 unspecified atom stereocenters. The fraction of sp³-hybridized carbons (Fsp3) is 0.600. The predicted octanol–water partition coefficient (Wildman–Crippen LogP) is 2.53. The summed E-state index contributed by atoms with van der Waals surface area (Å²) in [4.78, 5) is 23.0. The molecular weight excluding hydrogens is 258 g/mol. The Labute approximate surface area is 122 Å². The average Bonchev–Trinajstić information content (AvgIpc) is 2.39. The molecule has 0 rings (SSSR count). The molecular formula is C15H27NO4. The van der Waals surface area contributed by atoms with E-state index in [4.69, 9.17) is 9.47 Å². The van der Waals surface area contributed by atoms with E-state index < -0.39 is 0 Å². The predicted molar refractivity (Wildman–Crippen MR) is 80.1 cm³/mol. The van der Waals surface area contributed by atoms with Crippen LogP contribution in [0.2, 0.25) is 0 Å². The summed E-state index contributed by atoms with van der Waals surface area (Å²) in [5, 5.41) is 0. The Morgan fingerprint density at radius 2 is 1.90 bits per heavy atom. The van der Waals surface area contributed by atoms with Crippen LogP contribution in [-0.4, -0.2) is 43.8 Å². The quantitative estimate of drug-likeness (QED) is 0.311. The molecule has 0 N–H and O–H groups in total. The van der Waals surface area contributed by atoms with Gasteiger partial charge in [-0.3, -0.25) is 4.90 Å². The van der Waals surface area contributed by atoms with E-state index in [1.54, 1.807) is 18.7 Å². The molecule has 0 fully saturated rings. The zero-order valence-electron chi connectivity index (χ0n) is 13.3. The first kappa shape index (κ1) is 20.7. The number of esters is 2. The fourth-order valence-electron chi connectivity index (χ4n) is 0.754. The van der Waals surface area contributed by atoms with Crippen LogP contribution in [0.25, 0.3) is 0 Å². The maximum Gasteiger partial charge on any atom is 0.333 e. The van der Waals surface area contributed by atoms with Gasteiger partial charge < -0.3 is 9.47 Å².